The van der Waals surface area contributed by atoms with Crippen LogP contribution in [0.15, 0.2) is 54.7 Å². The summed E-state index contributed by atoms with van der Waals surface area (Å²) in [6, 6.07) is 15.6. The van der Waals surface area contributed by atoms with Crippen LogP contribution in [0.1, 0.15) is 24.7 Å². The molecule has 0 unspecified atom stereocenters. The number of imidazole rings is 1. The van der Waals surface area contributed by atoms with E-state index in [0.29, 0.717) is 18.1 Å². The van der Waals surface area contributed by atoms with Crippen molar-refractivity contribution in [2.24, 2.45) is 0 Å². The molecule has 174 valence electrons. The monoisotopic (exact) mass is 497 g/mol. The minimum absolute atomic E-state index is 0.157. The maximum atomic E-state index is 12.2. The highest BCUT2D eigenvalue weighted by Crippen LogP contribution is 2.37. The molecule has 0 saturated carbocycles. The third-order valence-electron chi connectivity index (χ3n) is 5.63. The second-order valence-electron chi connectivity index (χ2n) is 7.81. The van der Waals surface area contributed by atoms with E-state index >= 15 is 0 Å². The number of aromatic amines is 1. The van der Waals surface area contributed by atoms with Crippen molar-refractivity contribution in [1.82, 2.24) is 34.7 Å². The van der Waals surface area contributed by atoms with Gasteiger partial charge in [0.2, 0.25) is 5.82 Å². The number of rotatable bonds is 7. The predicted octanol–water partition coefficient (Wildman–Crippen LogP) is 3.46. The zero-order chi connectivity index (χ0) is 23.9. The molecule has 5 rings (SSSR count). The quantitative estimate of drug-likeness (QED) is 0.293. The van der Waals surface area contributed by atoms with Gasteiger partial charge in [-0.1, -0.05) is 42.8 Å². The topological polar surface area (TPSA) is 135 Å². The van der Waals surface area contributed by atoms with Crippen LogP contribution in [0.5, 0.6) is 0 Å². The summed E-state index contributed by atoms with van der Waals surface area (Å²) in [5, 5.41) is 15.2. The van der Waals surface area contributed by atoms with Gasteiger partial charge in [0, 0.05) is 23.6 Å². The van der Waals surface area contributed by atoms with E-state index in [0.717, 1.165) is 34.1 Å². The number of hydrogen-bond acceptors (Lipinski definition) is 5. The van der Waals surface area contributed by atoms with Gasteiger partial charge in [-0.3, -0.25) is 4.57 Å². The van der Waals surface area contributed by atoms with Gasteiger partial charge < -0.3 is 18.9 Å². The average molecular weight is 498 g/mol. The Labute approximate surface area is 199 Å². The maximum Gasteiger partial charge on any atom is 0.375 e. The molecule has 0 bridgehead atoms. The number of nitrogens with zero attached hydrogens (tertiary/aromatic N) is 6. The fourth-order valence-corrected chi connectivity index (χ4v) is 5.53. The summed E-state index contributed by atoms with van der Waals surface area (Å²) in [5.74, 6) is 1.03. The Bertz CT molecular complexity index is 1520. The van der Waals surface area contributed by atoms with E-state index in [1.165, 1.54) is 0 Å². The Hall–Kier alpha value is -3.30. The molecule has 0 aliphatic carbocycles. The van der Waals surface area contributed by atoms with Gasteiger partial charge in [0.05, 0.1) is 17.7 Å². The van der Waals surface area contributed by atoms with E-state index in [-0.39, 0.29) is 17.1 Å². The summed E-state index contributed by atoms with van der Waals surface area (Å²) in [5.41, 5.74) is 3.25. The highest BCUT2D eigenvalue weighted by molar-refractivity contribution is 7.60. The van der Waals surface area contributed by atoms with Gasteiger partial charge in [0.1, 0.15) is 5.82 Å². The molecular weight excluding hydrogens is 477 g/mol. The molecule has 10 nitrogen and oxygen atoms in total. The van der Waals surface area contributed by atoms with Crippen LogP contribution in [0.3, 0.4) is 0 Å². The van der Waals surface area contributed by atoms with Crippen molar-refractivity contribution in [2.75, 3.05) is 0 Å². The molecule has 3 heterocycles. The molecule has 0 radical (unpaired) electrons. The van der Waals surface area contributed by atoms with Crippen LogP contribution in [0, 0.1) is 0 Å². The molecule has 0 saturated heterocycles. The smallest absolute Gasteiger partial charge is 0.320 e. The fraction of sp³-hybridized carbons (Fsp3) is 0.182. The molecule has 3 aromatic heterocycles. The number of nitrogens with one attached hydrogen (secondary N) is 1. The molecule has 0 amide bonds. The first kappa shape index (κ1) is 22.5. The molecule has 2 aromatic carbocycles. The molecule has 5 aromatic rings. The van der Waals surface area contributed by atoms with Crippen molar-refractivity contribution < 1.29 is 14.4 Å². The Kier molecular flexibility index (Phi) is 5.83. The average Bonchev–Trinajstić information content (AvgIpc) is 3.53. The molecule has 34 heavy (non-hydrogen) atoms. The number of hydrogen-bond donors (Lipinski definition) is 3. The van der Waals surface area contributed by atoms with Crippen molar-refractivity contribution in [1.29, 1.82) is 0 Å². The van der Waals surface area contributed by atoms with Gasteiger partial charge in [-0.2, -0.15) is 5.21 Å². The first-order valence-corrected chi connectivity index (χ1v) is 12.6. The van der Waals surface area contributed by atoms with Crippen molar-refractivity contribution >= 4 is 35.5 Å². The predicted molar refractivity (Wildman–Crippen MR) is 128 cm³/mol. The van der Waals surface area contributed by atoms with E-state index < -0.39 is 7.60 Å². The van der Waals surface area contributed by atoms with E-state index in [1.807, 2.05) is 66.2 Å². The van der Waals surface area contributed by atoms with Crippen LogP contribution in [0.2, 0.25) is 5.15 Å². The van der Waals surface area contributed by atoms with Gasteiger partial charge in [0.25, 0.3) is 0 Å². The number of halogens is 1. The number of benzene rings is 2. The largest absolute Gasteiger partial charge is 0.375 e. The number of para-hydroxylation sites is 1. The van der Waals surface area contributed by atoms with Gasteiger partial charge in [-0.15, -0.1) is 10.2 Å². The zero-order valence-corrected chi connectivity index (χ0v) is 19.8. The van der Waals surface area contributed by atoms with Gasteiger partial charge >= 0.3 is 7.60 Å². The summed E-state index contributed by atoms with van der Waals surface area (Å²) in [6.07, 6.45) is 3.26. The van der Waals surface area contributed by atoms with Crippen LogP contribution >= 0.6 is 19.2 Å². The molecule has 3 N–H and O–H groups in total. The summed E-state index contributed by atoms with van der Waals surface area (Å²) < 4.78 is 15.8. The van der Waals surface area contributed by atoms with Crippen molar-refractivity contribution in [3.63, 3.8) is 0 Å². The molecule has 0 atom stereocenters. The maximum absolute atomic E-state index is 12.2. The van der Waals surface area contributed by atoms with Gasteiger partial charge in [-0.25, -0.2) is 4.98 Å². The summed E-state index contributed by atoms with van der Waals surface area (Å²) in [4.78, 5) is 24.1. The third kappa shape index (κ3) is 3.95. The SMILES string of the molecule is CCCc1nc(Cl)c(P(=O)(O)O)n1Cc1cccc2c1ccn2-c1ccccc1-c1nn[nH]n1. The van der Waals surface area contributed by atoms with E-state index in [4.69, 9.17) is 11.6 Å². The lowest BCUT2D eigenvalue weighted by Crippen LogP contribution is -2.21. The van der Waals surface area contributed by atoms with Gasteiger partial charge in [0.15, 0.2) is 10.6 Å². The molecule has 0 fully saturated rings. The highest BCUT2D eigenvalue weighted by Gasteiger charge is 2.30. The highest BCUT2D eigenvalue weighted by atomic mass is 35.5. The second kappa shape index (κ2) is 8.81. The zero-order valence-electron chi connectivity index (χ0n) is 18.1. The normalized spacial score (nSPS) is 12.0. The number of tetrazole rings is 1. The van der Waals surface area contributed by atoms with Crippen molar-refractivity contribution in [3.05, 3.63) is 71.3 Å². The summed E-state index contributed by atoms with van der Waals surface area (Å²) in [7, 11) is -4.63. The minimum atomic E-state index is -4.63. The van der Waals surface area contributed by atoms with Crippen LogP contribution in [0.25, 0.3) is 28.0 Å². The minimum Gasteiger partial charge on any atom is -0.320 e. The second-order valence-corrected chi connectivity index (χ2v) is 9.68. The molecule has 0 aliphatic rings. The number of H-pyrrole nitrogens is 1. The standard InChI is InChI=1S/C22H21ClN7O3P/c1-2-6-19-24-20(23)22(34(31,32)33)30(19)13-14-7-5-10-17-15(14)11-12-29(17)18-9-4-3-8-16(18)21-25-27-28-26-21/h3-5,7-12H,2,6,13H2,1H3,(H2,31,32,33)(H,25,26,27,28). The molecular formula is C22H21ClN7O3P. The third-order valence-corrected chi connectivity index (χ3v) is 7.03. The van der Waals surface area contributed by atoms with Gasteiger partial charge in [-0.05, 0) is 41.5 Å². The Morgan fingerprint density at radius 1 is 1.12 bits per heavy atom. The Morgan fingerprint density at radius 2 is 1.94 bits per heavy atom. The van der Waals surface area contributed by atoms with Crippen LogP contribution in [-0.4, -0.2) is 44.5 Å². The first-order chi connectivity index (χ1) is 16.4. The molecule has 12 heteroatoms. The van der Waals surface area contributed by atoms with Crippen LogP contribution in [0.4, 0.5) is 0 Å². The lowest BCUT2D eigenvalue weighted by Gasteiger charge is -2.14. The lowest BCUT2D eigenvalue weighted by atomic mass is 10.1. The lowest BCUT2D eigenvalue weighted by molar-refractivity contribution is 0.384. The van der Waals surface area contributed by atoms with E-state index in [1.54, 1.807) is 4.57 Å². The van der Waals surface area contributed by atoms with Crippen molar-refractivity contribution in [2.45, 2.75) is 26.3 Å². The van der Waals surface area contributed by atoms with Crippen LogP contribution in [-0.2, 0) is 17.5 Å². The van der Waals surface area contributed by atoms with Crippen LogP contribution < -0.4 is 5.44 Å². The Balaban J connectivity index is 1.64. The number of fused-ring (bicyclic) bond motifs is 1. The summed E-state index contributed by atoms with van der Waals surface area (Å²) in [6.45, 7) is 2.20. The Morgan fingerprint density at radius 3 is 2.68 bits per heavy atom. The van der Waals surface area contributed by atoms with Crippen molar-refractivity contribution in [3.8, 4) is 17.1 Å². The summed E-state index contributed by atoms with van der Waals surface area (Å²) >= 11 is 6.16. The fourth-order valence-electron chi connectivity index (χ4n) is 4.21. The van der Waals surface area contributed by atoms with E-state index in [9.17, 15) is 14.4 Å². The first-order valence-electron chi connectivity index (χ1n) is 10.6. The number of aromatic nitrogens is 7. The molecule has 0 aliphatic heterocycles. The number of aryl methyl sites for hydroxylation is 1. The molecule has 0 spiro atoms. The van der Waals surface area contributed by atoms with E-state index in [2.05, 4.69) is 25.6 Å².